The van der Waals surface area contributed by atoms with Crippen LogP contribution in [0.3, 0.4) is 0 Å². The third-order valence-electron chi connectivity index (χ3n) is 3.47. The van der Waals surface area contributed by atoms with Crippen molar-refractivity contribution in [3.8, 4) is 11.5 Å². The summed E-state index contributed by atoms with van der Waals surface area (Å²) >= 11 is 7.24. The zero-order valence-electron chi connectivity index (χ0n) is 14.1. The Balaban J connectivity index is 1.72. The summed E-state index contributed by atoms with van der Waals surface area (Å²) in [6.45, 7) is 0. The SMILES string of the molecule is COc1ccc(Nc2nc(C(=O)Nc3cccc(Cl)c3)cs2)c(OC)c1. The number of benzene rings is 2. The number of methoxy groups -OCH3 is 2. The van der Waals surface area contributed by atoms with Crippen molar-refractivity contribution in [1.82, 2.24) is 4.98 Å². The molecule has 0 spiro atoms. The van der Waals surface area contributed by atoms with Crippen molar-refractivity contribution in [2.24, 2.45) is 0 Å². The molecule has 1 amide bonds. The van der Waals surface area contributed by atoms with Crippen LogP contribution in [-0.4, -0.2) is 25.1 Å². The molecule has 0 aliphatic heterocycles. The molecule has 1 aromatic heterocycles. The van der Waals surface area contributed by atoms with Gasteiger partial charge in [-0.15, -0.1) is 11.3 Å². The molecule has 0 bridgehead atoms. The van der Waals surface area contributed by atoms with Crippen LogP contribution in [0.4, 0.5) is 16.5 Å². The highest BCUT2D eigenvalue weighted by Gasteiger charge is 2.13. The van der Waals surface area contributed by atoms with E-state index in [1.54, 1.807) is 49.9 Å². The van der Waals surface area contributed by atoms with Crippen molar-refractivity contribution in [3.63, 3.8) is 0 Å². The Bertz CT molecular complexity index is 930. The number of ether oxygens (including phenoxy) is 2. The van der Waals surface area contributed by atoms with E-state index in [2.05, 4.69) is 15.6 Å². The number of halogens is 1. The fourth-order valence-corrected chi connectivity index (χ4v) is 3.11. The number of carbonyl (C=O) groups excluding carboxylic acids is 1. The molecule has 2 N–H and O–H groups in total. The largest absolute Gasteiger partial charge is 0.497 e. The first-order valence-corrected chi connectivity index (χ1v) is 8.86. The summed E-state index contributed by atoms with van der Waals surface area (Å²) in [6, 6.07) is 12.3. The minimum atomic E-state index is -0.307. The van der Waals surface area contributed by atoms with Gasteiger partial charge in [0.2, 0.25) is 0 Å². The predicted octanol–water partition coefficient (Wildman–Crippen LogP) is 4.81. The molecule has 0 unspecified atom stereocenters. The number of anilines is 3. The van der Waals surface area contributed by atoms with Crippen LogP contribution in [0.5, 0.6) is 11.5 Å². The van der Waals surface area contributed by atoms with Gasteiger partial charge in [-0.25, -0.2) is 4.98 Å². The van der Waals surface area contributed by atoms with E-state index in [9.17, 15) is 4.79 Å². The van der Waals surface area contributed by atoms with Crippen LogP contribution in [0.15, 0.2) is 47.8 Å². The van der Waals surface area contributed by atoms with Gasteiger partial charge in [0, 0.05) is 22.2 Å². The average Bonchev–Trinajstić information content (AvgIpc) is 3.11. The molecule has 0 saturated heterocycles. The van der Waals surface area contributed by atoms with E-state index in [0.29, 0.717) is 33.0 Å². The number of amides is 1. The second-order valence-corrected chi connectivity index (χ2v) is 6.49. The van der Waals surface area contributed by atoms with Crippen LogP contribution in [0, 0.1) is 0 Å². The summed E-state index contributed by atoms with van der Waals surface area (Å²) < 4.78 is 10.5. The summed E-state index contributed by atoms with van der Waals surface area (Å²) in [5.41, 5.74) is 1.65. The van der Waals surface area contributed by atoms with Gasteiger partial charge in [-0.2, -0.15) is 0 Å². The van der Waals surface area contributed by atoms with Gasteiger partial charge in [0.15, 0.2) is 5.13 Å². The molecule has 0 atom stereocenters. The molecule has 6 nitrogen and oxygen atoms in total. The normalized spacial score (nSPS) is 10.3. The molecular weight excluding hydrogens is 374 g/mol. The van der Waals surface area contributed by atoms with Gasteiger partial charge in [0.25, 0.3) is 5.91 Å². The monoisotopic (exact) mass is 389 g/mol. The summed E-state index contributed by atoms with van der Waals surface area (Å²) in [6.07, 6.45) is 0. The van der Waals surface area contributed by atoms with E-state index >= 15 is 0 Å². The molecule has 3 aromatic rings. The Morgan fingerprint density at radius 1 is 1.15 bits per heavy atom. The van der Waals surface area contributed by atoms with E-state index in [-0.39, 0.29) is 5.91 Å². The van der Waals surface area contributed by atoms with Crippen LogP contribution < -0.4 is 20.1 Å². The first-order chi connectivity index (χ1) is 12.6. The molecule has 0 saturated carbocycles. The standard InChI is InChI=1S/C18H16ClN3O3S/c1-24-13-6-7-14(16(9-13)25-2)21-18-22-15(10-26-18)17(23)20-12-5-3-4-11(19)8-12/h3-10H,1-2H3,(H,20,23)(H,21,22). The molecule has 8 heteroatoms. The first-order valence-electron chi connectivity index (χ1n) is 7.60. The van der Waals surface area contributed by atoms with E-state index in [0.717, 1.165) is 5.69 Å². The number of hydrogen-bond acceptors (Lipinski definition) is 6. The van der Waals surface area contributed by atoms with Gasteiger partial charge in [-0.1, -0.05) is 17.7 Å². The number of nitrogens with one attached hydrogen (secondary N) is 2. The lowest BCUT2D eigenvalue weighted by Gasteiger charge is -2.10. The number of hydrogen-bond donors (Lipinski definition) is 2. The molecule has 0 fully saturated rings. The Kier molecular flexibility index (Phi) is 5.60. The fraction of sp³-hybridized carbons (Fsp3) is 0.111. The number of thiazole rings is 1. The van der Waals surface area contributed by atoms with E-state index in [1.165, 1.54) is 11.3 Å². The fourth-order valence-electron chi connectivity index (χ4n) is 2.21. The van der Waals surface area contributed by atoms with Gasteiger partial charge in [0.05, 0.1) is 19.9 Å². The van der Waals surface area contributed by atoms with Crippen molar-refractivity contribution < 1.29 is 14.3 Å². The van der Waals surface area contributed by atoms with Gasteiger partial charge < -0.3 is 20.1 Å². The lowest BCUT2D eigenvalue weighted by atomic mass is 10.3. The molecule has 2 aromatic carbocycles. The van der Waals surface area contributed by atoms with Gasteiger partial charge in [0.1, 0.15) is 17.2 Å². The third kappa shape index (κ3) is 4.25. The Morgan fingerprint density at radius 2 is 2.00 bits per heavy atom. The van der Waals surface area contributed by atoms with E-state index < -0.39 is 0 Å². The molecule has 134 valence electrons. The second-order valence-electron chi connectivity index (χ2n) is 5.19. The van der Waals surface area contributed by atoms with Crippen LogP contribution >= 0.6 is 22.9 Å². The van der Waals surface area contributed by atoms with Crippen molar-refractivity contribution in [2.45, 2.75) is 0 Å². The first kappa shape index (κ1) is 18.0. The van der Waals surface area contributed by atoms with E-state index in [1.807, 2.05) is 12.1 Å². The Morgan fingerprint density at radius 3 is 2.73 bits per heavy atom. The maximum atomic E-state index is 12.3. The van der Waals surface area contributed by atoms with Crippen LogP contribution in [0.25, 0.3) is 0 Å². The zero-order valence-corrected chi connectivity index (χ0v) is 15.6. The average molecular weight is 390 g/mol. The summed E-state index contributed by atoms with van der Waals surface area (Å²) in [7, 11) is 3.17. The lowest BCUT2D eigenvalue weighted by molar-refractivity contribution is 0.102. The number of aromatic nitrogens is 1. The molecular formula is C18H16ClN3O3S. The summed E-state index contributed by atoms with van der Waals surface area (Å²) in [4.78, 5) is 16.6. The summed E-state index contributed by atoms with van der Waals surface area (Å²) in [5.74, 6) is 0.996. The Labute approximate surface area is 159 Å². The van der Waals surface area contributed by atoms with Crippen molar-refractivity contribution in [2.75, 3.05) is 24.9 Å². The maximum Gasteiger partial charge on any atom is 0.275 e. The molecule has 26 heavy (non-hydrogen) atoms. The second kappa shape index (κ2) is 8.07. The smallest absolute Gasteiger partial charge is 0.275 e. The molecule has 0 aliphatic carbocycles. The maximum absolute atomic E-state index is 12.3. The number of carbonyl (C=O) groups is 1. The quantitative estimate of drug-likeness (QED) is 0.633. The third-order valence-corrected chi connectivity index (χ3v) is 4.46. The highest BCUT2D eigenvalue weighted by molar-refractivity contribution is 7.14. The van der Waals surface area contributed by atoms with Crippen molar-refractivity contribution in [3.05, 3.63) is 58.6 Å². The molecule has 1 heterocycles. The Hall–Kier alpha value is -2.77. The van der Waals surface area contributed by atoms with Gasteiger partial charge in [-0.05, 0) is 30.3 Å². The number of rotatable bonds is 6. The van der Waals surface area contributed by atoms with Crippen LogP contribution in [-0.2, 0) is 0 Å². The predicted molar refractivity (Wildman–Crippen MR) is 104 cm³/mol. The highest BCUT2D eigenvalue weighted by atomic mass is 35.5. The number of nitrogens with zero attached hydrogens (tertiary/aromatic N) is 1. The lowest BCUT2D eigenvalue weighted by Crippen LogP contribution is -2.12. The summed E-state index contributed by atoms with van der Waals surface area (Å²) in [5, 5.41) is 8.72. The molecule has 3 rings (SSSR count). The van der Waals surface area contributed by atoms with Crippen molar-refractivity contribution in [1.29, 1.82) is 0 Å². The van der Waals surface area contributed by atoms with Crippen LogP contribution in [0.2, 0.25) is 5.02 Å². The minimum Gasteiger partial charge on any atom is -0.497 e. The van der Waals surface area contributed by atoms with Crippen LogP contribution in [0.1, 0.15) is 10.5 Å². The highest BCUT2D eigenvalue weighted by Crippen LogP contribution is 2.32. The minimum absolute atomic E-state index is 0.307. The van der Waals surface area contributed by atoms with Gasteiger partial charge in [-0.3, -0.25) is 4.79 Å². The van der Waals surface area contributed by atoms with E-state index in [4.69, 9.17) is 21.1 Å². The van der Waals surface area contributed by atoms with Crippen molar-refractivity contribution >= 4 is 45.4 Å². The van der Waals surface area contributed by atoms with Gasteiger partial charge >= 0.3 is 0 Å². The zero-order chi connectivity index (χ0) is 18.5. The molecule has 0 aliphatic rings. The molecule has 0 radical (unpaired) electrons. The topological polar surface area (TPSA) is 72.5 Å².